The molecule has 3 aromatic rings. The molecule has 2 saturated heterocycles. The molecule has 0 N–H and O–H groups in total. The highest BCUT2D eigenvalue weighted by Gasteiger charge is 2.37. The van der Waals surface area contributed by atoms with E-state index in [1.165, 1.54) is 30.0 Å². The van der Waals surface area contributed by atoms with Crippen LogP contribution in [0.2, 0.25) is 0 Å². The fourth-order valence-electron chi connectivity index (χ4n) is 5.34. The predicted octanol–water partition coefficient (Wildman–Crippen LogP) is 3.98. The Bertz CT molecular complexity index is 1370. The fourth-order valence-corrected chi connectivity index (χ4v) is 5.34. The van der Waals surface area contributed by atoms with Gasteiger partial charge in [-0.2, -0.15) is 5.26 Å². The lowest BCUT2D eigenvalue weighted by Crippen LogP contribution is -2.42. The van der Waals surface area contributed by atoms with Crippen LogP contribution in [0.5, 0.6) is 0 Å². The van der Waals surface area contributed by atoms with E-state index < -0.39 is 11.9 Å². The molecule has 3 fully saturated rings. The summed E-state index contributed by atoms with van der Waals surface area (Å²) < 4.78 is 16.1. The van der Waals surface area contributed by atoms with Crippen molar-refractivity contribution in [3.05, 3.63) is 65.3 Å². The van der Waals surface area contributed by atoms with Gasteiger partial charge in [0.05, 0.1) is 30.0 Å². The Kier molecular flexibility index (Phi) is 6.08. The molecule has 0 radical (unpaired) electrons. The summed E-state index contributed by atoms with van der Waals surface area (Å²) in [5.74, 6) is 2.34. The van der Waals surface area contributed by atoms with Gasteiger partial charge in [0, 0.05) is 43.6 Å². The van der Waals surface area contributed by atoms with Crippen LogP contribution < -0.4 is 4.90 Å². The molecule has 10 heteroatoms. The lowest BCUT2D eigenvalue weighted by molar-refractivity contribution is -0.182. The molecule has 190 valence electrons. The summed E-state index contributed by atoms with van der Waals surface area (Å²) in [5, 5.41) is 10.6. The molecular formula is C27H28FN7O2. The molecule has 1 aliphatic carbocycles. The van der Waals surface area contributed by atoms with E-state index in [0.29, 0.717) is 50.4 Å². The minimum absolute atomic E-state index is 0.0880. The normalized spacial score (nSPS) is 20.3. The maximum atomic E-state index is 14.0. The largest absolute Gasteiger partial charge is 0.356 e. The Morgan fingerprint density at radius 2 is 1.86 bits per heavy atom. The molecule has 1 aromatic carbocycles. The van der Waals surface area contributed by atoms with E-state index in [-0.39, 0.29) is 17.4 Å². The number of aryl methyl sites for hydroxylation is 1. The van der Waals surface area contributed by atoms with Crippen molar-refractivity contribution in [1.29, 1.82) is 5.26 Å². The number of carbonyl (C=O) groups is 1. The van der Waals surface area contributed by atoms with E-state index in [0.717, 1.165) is 23.2 Å². The second kappa shape index (κ2) is 9.56. The van der Waals surface area contributed by atoms with E-state index in [9.17, 15) is 14.4 Å². The summed E-state index contributed by atoms with van der Waals surface area (Å²) in [4.78, 5) is 34.9. The number of anilines is 1. The molecule has 6 rings (SSSR count). The molecule has 1 atom stereocenters. The van der Waals surface area contributed by atoms with Crippen molar-refractivity contribution in [3.63, 3.8) is 0 Å². The van der Waals surface area contributed by atoms with E-state index in [4.69, 9.17) is 9.82 Å². The molecule has 2 aliphatic heterocycles. The highest BCUT2D eigenvalue weighted by molar-refractivity contribution is 5.79. The first kappa shape index (κ1) is 23.6. The number of imidazole rings is 1. The molecule has 0 bridgehead atoms. The topological polar surface area (TPSA) is 100 Å². The number of carbonyl (C=O) groups excluding carboxylic acids is 1. The van der Waals surface area contributed by atoms with Crippen LogP contribution in [0.4, 0.5) is 10.2 Å². The molecule has 1 saturated carbocycles. The van der Waals surface area contributed by atoms with Gasteiger partial charge in [-0.1, -0.05) is 0 Å². The Morgan fingerprint density at radius 1 is 1.08 bits per heavy atom. The van der Waals surface area contributed by atoms with E-state index in [2.05, 4.69) is 21.1 Å². The number of hydrogen-bond acceptors (Lipinski definition) is 7. The number of nitrogens with zero attached hydrogens (tertiary/aromatic N) is 7. The van der Waals surface area contributed by atoms with Crippen LogP contribution in [-0.2, 0) is 9.63 Å². The zero-order valence-electron chi connectivity index (χ0n) is 20.7. The maximum absolute atomic E-state index is 14.0. The van der Waals surface area contributed by atoms with Crippen LogP contribution in [0.3, 0.4) is 0 Å². The van der Waals surface area contributed by atoms with Gasteiger partial charge < -0.3 is 4.90 Å². The van der Waals surface area contributed by atoms with Gasteiger partial charge in [-0.15, -0.1) is 0 Å². The van der Waals surface area contributed by atoms with Gasteiger partial charge >= 0.3 is 0 Å². The molecular weight excluding hydrogens is 473 g/mol. The third-order valence-corrected chi connectivity index (χ3v) is 7.51. The first-order valence-electron chi connectivity index (χ1n) is 12.8. The van der Waals surface area contributed by atoms with Gasteiger partial charge in [0.1, 0.15) is 29.6 Å². The lowest BCUT2D eigenvalue weighted by atomic mass is 9.94. The van der Waals surface area contributed by atoms with Crippen molar-refractivity contribution < 1.29 is 14.0 Å². The zero-order chi connectivity index (χ0) is 25.5. The highest BCUT2D eigenvalue weighted by Crippen LogP contribution is 2.39. The van der Waals surface area contributed by atoms with E-state index >= 15 is 0 Å². The quantitative estimate of drug-likeness (QED) is 0.521. The lowest BCUT2D eigenvalue weighted by Gasteiger charge is -2.34. The van der Waals surface area contributed by atoms with Crippen molar-refractivity contribution in [2.45, 2.75) is 51.0 Å². The fraction of sp³-hybridized carbons (Fsp3) is 0.444. The van der Waals surface area contributed by atoms with Crippen molar-refractivity contribution >= 4 is 11.7 Å². The number of aromatic nitrogens is 4. The maximum Gasteiger partial charge on any atom is 0.249 e. The minimum Gasteiger partial charge on any atom is -0.356 e. The second-order valence-corrected chi connectivity index (χ2v) is 10.0. The molecule has 1 amide bonds. The van der Waals surface area contributed by atoms with Crippen LogP contribution in [-0.4, -0.2) is 50.2 Å². The molecule has 0 unspecified atom stereocenters. The summed E-state index contributed by atoms with van der Waals surface area (Å²) in [6, 6.07) is 7.77. The summed E-state index contributed by atoms with van der Waals surface area (Å²) in [5.41, 5.74) is 1.95. The number of piperidine rings is 1. The number of rotatable bonds is 5. The molecule has 2 aromatic heterocycles. The average molecular weight is 502 g/mol. The van der Waals surface area contributed by atoms with E-state index in [1.54, 1.807) is 12.4 Å². The SMILES string of the molecule is Cc1nc(C2CC2)cn1-c1cc(N2CCC(C(=O)N3OCC[C@H]3c3cc(F)cc(C#N)c3)CC2)ncn1. The van der Waals surface area contributed by atoms with Crippen LogP contribution in [0, 0.1) is 30.0 Å². The van der Waals surface area contributed by atoms with Crippen LogP contribution in [0.15, 0.2) is 36.8 Å². The van der Waals surface area contributed by atoms with Crippen LogP contribution >= 0.6 is 0 Å². The van der Waals surface area contributed by atoms with E-state index in [1.807, 2.05) is 23.6 Å². The number of hydrogen-bond donors (Lipinski definition) is 0. The molecule has 0 spiro atoms. The first-order chi connectivity index (χ1) is 18.0. The minimum atomic E-state index is -0.486. The molecule has 9 nitrogen and oxygen atoms in total. The monoisotopic (exact) mass is 501 g/mol. The molecule has 3 aliphatic rings. The first-order valence-corrected chi connectivity index (χ1v) is 12.8. The van der Waals surface area contributed by atoms with Crippen molar-refractivity contribution in [2.75, 3.05) is 24.6 Å². The number of nitriles is 1. The van der Waals surface area contributed by atoms with Crippen molar-refractivity contribution in [3.8, 4) is 11.9 Å². The Morgan fingerprint density at radius 3 is 2.62 bits per heavy atom. The summed E-state index contributed by atoms with van der Waals surface area (Å²) >= 11 is 0. The summed E-state index contributed by atoms with van der Waals surface area (Å²) in [6.07, 6.45) is 7.94. The third-order valence-electron chi connectivity index (χ3n) is 7.51. The number of benzene rings is 1. The summed E-state index contributed by atoms with van der Waals surface area (Å²) in [7, 11) is 0. The number of hydroxylamine groups is 2. The van der Waals surface area contributed by atoms with Gasteiger partial charge in [-0.3, -0.25) is 14.2 Å². The van der Waals surface area contributed by atoms with Gasteiger partial charge in [0.2, 0.25) is 5.91 Å². The smallest absolute Gasteiger partial charge is 0.249 e. The Labute approximate surface area is 214 Å². The highest BCUT2D eigenvalue weighted by atomic mass is 19.1. The average Bonchev–Trinajstić information content (AvgIpc) is 3.52. The zero-order valence-corrected chi connectivity index (χ0v) is 20.7. The Hall–Kier alpha value is -3.84. The number of halogens is 1. The summed E-state index contributed by atoms with van der Waals surface area (Å²) in [6.45, 7) is 3.73. The van der Waals surface area contributed by atoms with Crippen molar-refractivity contribution in [2.24, 2.45) is 5.92 Å². The van der Waals surface area contributed by atoms with Gasteiger partial charge in [0.15, 0.2) is 0 Å². The van der Waals surface area contributed by atoms with Crippen LogP contribution in [0.25, 0.3) is 5.82 Å². The second-order valence-electron chi connectivity index (χ2n) is 10.0. The standard InChI is InChI=1S/C27H28FN7O2/c1-17-32-23(19-2-3-19)15-34(17)26-13-25(30-16-31-26)33-7-4-20(5-8-33)27(36)35-24(6-9-37-35)21-10-18(14-29)11-22(28)12-21/h10-13,15-16,19-20,24H,2-9H2,1H3/t24-/m0/s1. The third kappa shape index (κ3) is 4.67. The van der Waals surface area contributed by atoms with Gasteiger partial charge in [0.25, 0.3) is 0 Å². The van der Waals surface area contributed by atoms with Gasteiger partial charge in [-0.05, 0) is 56.4 Å². The van der Waals surface area contributed by atoms with Crippen LogP contribution in [0.1, 0.15) is 66.7 Å². The molecule has 37 heavy (non-hydrogen) atoms. The van der Waals surface area contributed by atoms with Gasteiger partial charge in [-0.25, -0.2) is 24.4 Å². The number of amides is 1. The molecule has 4 heterocycles. The predicted molar refractivity (Wildman–Crippen MR) is 132 cm³/mol. The Balaban J connectivity index is 1.13. The van der Waals surface area contributed by atoms with Crippen molar-refractivity contribution in [1.82, 2.24) is 24.6 Å².